The predicted octanol–water partition coefficient (Wildman–Crippen LogP) is -1.80. The normalized spacial score (nSPS) is 22.6. The fourth-order valence-corrected chi connectivity index (χ4v) is 4.95. The van der Waals surface area contributed by atoms with E-state index in [0.717, 1.165) is 24.7 Å². The molecule has 7 N–H and O–H groups in total. The van der Waals surface area contributed by atoms with Crippen LogP contribution in [0, 0.1) is 5.82 Å². The monoisotopic (exact) mass is 593 g/mol. The van der Waals surface area contributed by atoms with E-state index in [1.54, 1.807) is 6.07 Å². The number of halogens is 1. The highest BCUT2D eigenvalue weighted by molar-refractivity contribution is 6.09. The molecule has 2 aromatic carbocycles. The van der Waals surface area contributed by atoms with Crippen LogP contribution in [0.5, 0.6) is 5.75 Å². The summed E-state index contributed by atoms with van der Waals surface area (Å²) in [5, 5.41) is 63.9. The summed E-state index contributed by atoms with van der Waals surface area (Å²) in [6, 6.07) is 5.39. The maximum Gasteiger partial charge on any atom is 0.303 e. The number of piperidine rings is 1. The summed E-state index contributed by atoms with van der Waals surface area (Å²) in [5.41, 5.74) is -0.261. The summed E-state index contributed by atoms with van der Waals surface area (Å²) in [5.74, 6) is -17.4. The Morgan fingerprint density at radius 2 is 1.69 bits per heavy atom. The number of hydrogen-bond donors (Lipinski definition) is 7. The molecule has 5 rings (SSSR count). The van der Waals surface area contributed by atoms with Crippen LogP contribution in [0.3, 0.4) is 0 Å². The van der Waals surface area contributed by atoms with Gasteiger partial charge in [0, 0.05) is 25.2 Å². The lowest BCUT2D eigenvalue weighted by atomic mass is 9.90. The lowest BCUT2D eigenvalue weighted by Crippen LogP contribution is -2.80. The van der Waals surface area contributed by atoms with Gasteiger partial charge in [0.05, 0.1) is 24.3 Å². The fourth-order valence-electron chi connectivity index (χ4n) is 4.95. The number of imide groups is 1. The van der Waals surface area contributed by atoms with Crippen LogP contribution in [-0.2, 0) is 33.4 Å². The molecule has 2 saturated heterocycles. The molecule has 0 aliphatic carbocycles. The van der Waals surface area contributed by atoms with Gasteiger partial charge in [-0.2, -0.15) is 0 Å². The lowest BCUT2D eigenvalue weighted by Gasteiger charge is -2.47. The summed E-state index contributed by atoms with van der Waals surface area (Å²) in [4.78, 5) is 39.4. The summed E-state index contributed by atoms with van der Waals surface area (Å²) in [6.07, 6.45) is 0. The number of fused-ring (bicyclic) bond motifs is 1. The number of carbonyl (C=O) groups excluding carboxylic acids is 3. The summed E-state index contributed by atoms with van der Waals surface area (Å²) >= 11 is 0. The Balaban J connectivity index is 0.00000198. The van der Waals surface area contributed by atoms with Crippen LogP contribution in [0.25, 0.3) is 0 Å². The van der Waals surface area contributed by atoms with Crippen LogP contribution in [0.4, 0.5) is 4.39 Å². The molecule has 0 radical (unpaired) electrons. The van der Waals surface area contributed by atoms with E-state index >= 15 is 0 Å². The fraction of sp³-hybridized carbons (Fsp3) is 0.444. The second kappa shape index (κ2) is 11.6. The zero-order valence-electron chi connectivity index (χ0n) is 22.8. The topological polar surface area (TPSA) is 210 Å². The average Bonchev–Trinajstić information content (AvgIpc) is 3.14. The molecule has 3 aliphatic heterocycles. The van der Waals surface area contributed by atoms with Gasteiger partial charge >= 0.3 is 5.79 Å². The molecule has 0 saturated carbocycles. The van der Waals surface area contributed by atoms with Gasteiger partial charge in [-0.25, -0.2) is 4.39 Å². The first kappa shape index (κ1) is 31.4. The molecule has 1 atom stereocenters. The van der Waals surface area contributed by atoms with E-state index in [0.29, 0.717) is 19.8 Å². The van der Waals surface area contributed by atoms with Gasteiger partial charge in [0.2, 0.25) is 0 Å². The van der Waals surface area contributed by atoms with Crippen molar-refractivity contribution in [2.45, 2.75) is 50.5 Å². The molecule has 42 heavy (non-hydrogen) atoms. The predicted molar refractivity (Wildman–Crippen MR) is 138 cm³/mol. The second-order valence-corrected chi connectivity index (χ2v) is 9.71. The molecule has 15 heteroatoms. The number of nitrogens with one attached hydrogen (secondary N) is 1. The third kappa shape index (κ3) is 5.25. The van der Waals surface area contributed by atoms with E-state index in [1.807, 2.05) is 13.8 Å². The molecule has 0 spiro atoms. The minimum Gasteiger partial charge on any atom is -0.488 e. The number of carbonyl (C=O) groups is 3. The SMILES string of the molecule is CC.O=C1NC(=O)C(O)(O)C(O)(O)C1N1C(=O)c2cccc(OCc3ccc(CN4CCOCC4)cc3F)c2C1(O)O. The lowest BCUT2D eigenvalue weighted by molar-refractivity contribution is -0.374. The van der Waals surface area contributed by atoms with Gasteiger partial charge in [0.1, 0.15) is 18.2 Å². The first-order chi connectivity index (χ1) is 19.8. The minimum absolute atomic E-state index is 0.103. The quantitative estimate of drug-likeness (QED) is 0.146. The van der Waals surface area contributed by atoms with E-state index in [9.17, 15) is 49.4 Å². The van der Waals surface area contributed by atoms with Crippen LogP contribution in [-0.4, -0.2) is 102 Å². The van der Waals surface area contributed by atoms with Crippen molar-refractivity contribution < 1.29 is 58.9 Å². The van der Waals surface area contributed by atoms with Crippen molar-refractivity contribution >= 4 is 17.7 Å². The number of amides is 3. The zero-order valence-corrected chi connectivity index (χ0v) is 22.8. The minimum atomic E-state index is -4.06. The van der Waals surface area contributed by atoms with Crippen LogP contribution in [0.15, 0.2) is 36.4 Å². The van der Waals surface area contributed by atoms with E-state index in [2.05, 4.69) is 4.90 Å². The smallest absolute Gasteiger partial charge is 0.303 e. The maximum atomic E-state index is 14.9. The first-order valence-electron chi connectivity index (χ1n) is 13.1. The van der Waals surface area contributed by atoms with Gasteiger partial charge in [0.25, 0.3) is 29.4 Å². The molecule has 2 fully saturated rings. The Labute approximate surface area is 239 Å². The molecule has 228 valence electrons. The van der Waals surface area contributed by atoms with Crippen molar-refractivity contribution in [3.63, 3.8) is 0 Å². The molecule has 1 unspecified atom stereocenters. The molecule has 3 heterocycles. The molecular formula is C27H32FN3O11. The molecule has 0 bridgehead atoms. The van der Waals surface area contributed by atoms with Crippen LogP contribution < -0.4 is 10.1 Å². The highest BCUT2D eigenvalue weighted by atomic mass is 19.1. The molecule has 2 aromatic rings. The Kier molecular flexibility index (Phi) is 8.69. The number of hydrogen-bond acceptors (Lipinski definition) is 12. The van der Waals surface area contributed by atoms with Gasteiger partial charge < -0.3 is 40.1 Å². The van der Waals surface area contributed by atoms with Gasteiger partial charge in [-0.05, 0) is 23.8 Å². The number of morpholine rings is 1. The van der Waals surface area contributed by atoms with Crippen molar-refractivity contribution in [2.75, 3.05) is 26.3 Å². The van der Waals surface area contributed by atoms with E-state index in [1.165, 1.54) is 29.6 Å². The third-order valence-electron chi connectivity index (χ3n) is 7.11. The van der Waals surface area contributed by atoms with Gasteiger partial charge in [-0.3, -0.25) is 29.5 Å². The highest BCUT2D eigenvalue weighted by Crippen LogP contribution is 2.45. The van der Waals surface area contributed by atoms with Crippen LogP contribution in [0.1, 0.15) is 40.9 Å². The van der Waals surface area contributed by atoms with Crippen molar-refractivity contribution in [1.82, 2.24) is 15.1 Å². The average molecular weight is 594 g/mol. The second-order valence-electron chi connectivity index (χ2n) is 9.71. The summed E-state index contributed by atoms with van der Waals surface area (Å²) < 4.78 is 25.8. The van der Waals surface area contributed by atoms with Gasteiger partial charge in [0.15, 0.2) is 6.04 Å². The van der Waals surface area contributed by atoms with E-state index < -0.39 is 64.8 Å². The van der Waals surface area contributed by atoms with Crippen molar-refractivity contribution in [3.05, 3.63) is 64.5 Å². The largest absolute Gasteiger partial charge is 0.488 e. The number of rotatable bonds is 6. The van der Waals surface area contributed by atoms with Crippen molar-refractivity contribution in [3.8, 4) is 5.75 Å². The number of ether oxygens (including phenoxy) is 2. The standard InChI is InChI=1S/C25H26FN3O11.C2H6/c26-16-10-13(11-28-6-8-39-9-7-28)4-5-14(16)12-40-17-3-1-2-15-18(17)25(37,38)29(21(15)31)19-20(30)27-22(32)24(35,36)23(19,33)34;1-2/h1-5,10,19,33-38H,6-9,11-12H2,(H,27,30,32);1-2H3. The Bertz CT molecular complexity index is 1380. The zero-order chi connectivity index (χ0) is 31.0. The van der Waals surface area contributed by atoms with Crippen molar-refractivity contribution in [2.24, 2.45) is 0 Å². The van der Waals surface area contributed by atoms with E-state index in [-0.39, 0.29) is 16.2 Å². The Morgan fingerprint density at radius 1 is 1.02 bits per heavy atom. The van der Waals surface area contributed by atoms with Crippen molar-refractivity contribution in [1.29, 1.82) is 0 Å². The Hall–Kier alpha value is -3.54. The summed E-state index contributed by atoms with van der Waals surface area (Å²) in [6.45, 7) is 6.72. The van der Waals surface area contributed by atoms with Gasteiger partial charge in [-0.1, -0.05) is 32.0 Å². The molecule has 14 nitrogen and oxygen atoms in total. The Morgan fingerprint density at radius 3 is 2.33 bits per heavy atom. The van der Waals surface area contributed by atoms with Gasteiger partial charge in [-0.15, -0.1) is 0 Å². The first-order valence-corrected chi connectivity index (χ1v) is 13.1. The maximum absolute atomic E-state index is 14.9. The molecule has 0 aromatic heterocycles. The van der Waals surface area contributed by atoms with Crippen LogP contribution in [0.2, 0.25) is 0 Å². The third-order valence-corrected chi connectivity index (χ3v) is 7.11. The highest BCUT2D eigenvalue weighted by Gasteiger charge is 2.70. The summed E-state index contributed by atoms with van der Waals surface area (Å²) in [7, 11) is 0. The van der Waals surface area contributed by atoms with E-state index in [4.69, 9.17) is 9.47 Å². The molecular weight excluding hydrogens is 561 g/mol. The number of aliphatic hydroxyl groups is 6. The van der Waals surface area contributed by atoms with Crippen LogP contribution >= 0.6 is 0 Å². The number of nitrogens with zero attached hydrogens (tertiary/aromatic N) is 2. The number of benzene rings is 2. The molecule has 3 amide bonds. The molecule has 3 aliphatic rings.